The Morgan fingerprint density at radius 1 is 1.26 bits per heavy atom. The summed E-state index contributed by atoms with van der Waals surface area (Å²) in [7, 11) is 1.59. The van der Waals surface area contributed by atoms with Crippen LogP contribution in [0.25, 0.3) is 16.6 Å². The number of pyridine rings is 1. The Hall–Kier alpha value is -3.85. The number of fused-ring (bicyclic) bond motifs is 1. The van der Waals surface area contributed by atoms with Crippen molar-refractivity contribution in [2.45, 2.75) is 19.3 Å². The van der Waals surface area contributed by atoms with Gasteiger partial charge in [-0.3, -0.25) is 4.79 Å². The number of ether oxygens (including phenoxy) is 1. The fraction of sp³-hybridized carbons (Fsp3) is 0.240. The van der Waals surface area contributed by atoms with Gasteiger partial charge in [-0.25, -0.2) is 4.98 Å². The Morgan fingerprint density at radius 2 is 2.00 bits per heavy atom. The molecule has 6 heteroatoms. The summed E-state index contributed by atoms with van der Waals surface area (Å²) in [6, 6.07) is 14.1. The Labute approximate surface area is 181 Å². The van der Waals surface area contributed by atoms with Crippen LogP contribution in [0.15, 0.2) is 66.5 Å². The number of aromatic amines is 1. The first-order chi connectivity index (χ1) is 15.1. The van der Waals surface area contributed by atoms with E-state index in [0.717, 1.165) is 22.1 Å². The van der Waals surface area contributed by atoms with Crippen LogP contribution in [0.2, 0.25) is 0 Å². The molecule has 1 aliphatic rings. The Bertz CT molecular complexity index is 1190. The molecule has 1 amide bonds. The lowest BCUT2D eigenvalue weighted by atomic mass is 9.93. The Balaban J connectivity index is 1.48. The number of nitriles is 1. The average Bonchev–Trinajstić information content (AvgIpc) is 3.27. The van der Waals surface area contributed by atoms with Crippen LogP contribution in [0.3, 0.4) is 0 Å². The van der Waals surface area contributed by atoms with Gasteiger partial charge in [-0.1, -0.05) is 42.5 Å². The van der Waals surface area contributed by atoms with Gasteiger partial charge in [0.15, 0.2) is 0 Å². The predicted molar refractivity (Wildman–Crippen MR) is 120 cm³/mol. The third-order valence-electron chi connectivity index (χ3n) is 5.78. The molecule has 0 atom stereocenters. The first kappa shape index (κ1) is 20.4. The second-order valence-electron chi connectivity index (χ2n) is 7.57. The smallest absolute Gasteiger partial charge is 0.253 e. The monoisotopic (exact) mass is 412 g/mol. The van der Waals surface area contributed by atoms with Crippen LogP contribution >= 0.6 is 0 Å². The molecule has 1 aliphatic heterocycles. The number of H-pyrrole nitrogens is 1. The molecule has 31 heavy (non-hydrogen) atoms. The lowest BCUT2D eigenvalue weighted by molar-refractivity contribution is -0.125. The molecule has 1 N–H and O–H groups in total. The zero-order valence-electron chi connectivity index (χ0n) is 17.5. The molecule has 156 valence electrons. The minimum absolute atomic E-state index is 0.104. The van der Waals surface area contributed by atoms with Crippen LogP contribution in [-0.2, 0) is 11.2 Å². The largest absolute Gasteiger partial charge is 0.496 e. The number of carbonyl (C=O) groups is 1. The molecule has 0 aliphatic carbocycles. The number of amides is 1. The van der Waals surface area contributed by atoms with Crippen molar-refractivity contribution >= 4 is 22.5 Å². The van der Waals surface area contributed by atoms with Gasteiger partial charge in [-0.15, -0.1) is 0 Å². The molecule has 3 aromatic rings. The molecule has 1 saturated heterocycles. The van der Waals surface area contributed by atoms with Crippen molar-refractivity contribution in [3.63, 3.8) is 0 Å². The van der Waals surface area contributed by atoms with E-state index < -0.39 is 0 Å². The van der Waals surface area contributed by atoms with Crippen molar-refractivity contribution in [1.82, 2.24) is 14.9 Å². The molecule has 1 aromatic carbocycles. The van der Waals surface area contributed by atoms with Crippen LogP contribution in [0, 0.1) is 11.3 Å². The lowest BCUT2D eigenvalue weighted by Gasteiger charge is -2.29. The molecular weight excluding hydrogens is 388 g/mol. The average molecular weight is 412 g/mol. The van der Waals surface area contributed by atoms with Gasteiger partial charge >= 0.3 is 0 Å². The van der Waals surface area contributed by atoms with Gasteiger partial charge in [0, 0.05) is 48.6 Å². The SMILES string of the molecule is C=C(C(=O)N1CCC(=C(C#N)Cc2ccccc2)CC1)c1c[nH]c2nccc(OC)c12. The van der Waals surface area contributed by atoms with Crippen LogP contribution in [0.4, 0.5) is 0 Å². The zero-order chi connectivity index (χ0) is 21.8. The number of carbonyl (C=O) groups excluding carboxylic acids is 1. The second kappa shape index (κ2) is 8.88. The van der Waals surface area contributed by atoms with Gasteiger partial charge in [0.05, 0.1) is 18.6 Å². The summed E-state index contributed by atoms with van der Waals surface area (Å²) >= 11 is 0. The molecule has 0 bridgehead atoms. The van der Waals surface area contributed by atoms with E-state index in [1.54, 1.807) is 25.6 Å². The number of nitrogens with one attached hydrogen (secondary N) is 1. The van der Waals surface area contributed by atoms with Crippen LogP contribution in [-0.4, -0.2) is 41.0 Å². The van der Waals surface area contributed by atoms with Gasteiger partial charge in [0.2, 0.25) is 0 Å². The molecule has 6 nitrogen and oxygen atoms in total. The van der Waals surface area contributed by atoms with E-state index in [1.165, 1.54) is 0 Å². The highest BCUT2D eigenvalue weighted by molar-refractivity contribution is 6.22. The number of allylic oxidation sites excluding steroid dienone is 1. The van der Waals surface area contributed by atoms with E-state index in [0.29, 0.717) is 54.9 Å². The summed E-state index contributed by atoms with van der Waals surface area (Å²) in [4.78, 5) is 22.3. The van der Waals surface area contributed by atoms with Crippen molar-refractivity contribution in [3.05, 3.63) is 77.6 Å². The Morgan fingerprint density at radius 3 is 2.68 bits per heavy atom. The van der Waals surface area contributed by atoms with E-state index in [2.05, 4.69) is 22.6 Å². The van der Waals surface area contributed by atoms with Crippen molar-refractivity contribution in [1.29, 1.82) is 5.26 Å². The first-order valence-corrected chi connectivity index (χ1v) is 10.3. The zero-order valence-corrected chi connectivity index (χ0v) is 17.5. The highest BCUT2D eigenvalue weighted by Crippen LogP contribution is 2.32. The summed E-state index contributed by atoms with van der Waals surface area (Å²) in [5, 5.41) is 10.4. The number of nitrogens with zero attached hydrogens (tertiary/aromatic N) is 3. The van der Waals surface area contributed by atoms with Gasteiger partial charge in [-0.05, 0) is 24.5 Å². The molecule has 0 saturated carbocycles. The second-order valence-corrected chi connectivity index (χ2v) is 7.57. The molecule has 0 spiro atoms. The maximum atomic E-state index is 13.1. The molecule has 4 rings (SSSR count). The number of piperidine rings is 1. The summed E-state index contributed by atoms with van der Waals surface area (Å²) in [6.45, 7) is 5.21. The number of rotatable bonds is 5. The highest BCUT2D eigenvalue weighted by atomic mass is 16.5. The predicted octanol–water partition coefficient (Wildman–Crippen LogP) is 4.27. The fourth-order valence-electron chi connectivity index (χ4n) is 4.07. The van der Waals surface area contributed by atoms with Gasteiger partial charge in [0.25, 0.3) is 5.91 Å². The van der Waals surface area contributed by atoms with E-state index in [-0.39, 0.29) is 5.91 Å². The van der Waals surface area contributed by atoms with Crippen LogP contribution in [0.5, 0.6) is 5.75 Å². The summed E-state index contributed by atoms with van der Waals surface area (Å²) in [5.74, 6) is 0.547. The van der Waals surface area contributed by atoms with Crippen molar-refractivity contribution < 1.29 is 9.53 Å². The number of methoxy groups -OCH3 is 1. The third-order valence-corrected chi connectivity index (χ3v) is 5.78. The first-order valence-electron chi connectivity index (χ1n) is 10.3. The number of hydrogen-bond donors (Lipinski definition) is 1. The summed E-state index contributed by atoms with van der Waals surface area (Å²) in [5.41, 5.74) is 4.85. The number of benzene rings is 1. The molecule has 0 radical (unpaired) electrons. The molecule has 0 unspecified atom stereocenters. The number of aromatic nitrogens is 2. The van der Waals surface area contributed by atoms with Crippen molar-refractivity contribution in [2.24, 2.45) is 0 Å². The van der Waals surface area contributed by atoms with Crippen molar-refractivity contribution in [3.8, 4) is 11.8 Å². The maximum Gasteiger partial charge on any atom is 0.253 e. The normalized spacial score (nSPS) is 13.7. The van der Waals surface area contributed by atoms with Crippen molar-refractivity contribution in [2.75, 3.05) is 20.2 Å². The maximum absolute atomic E-state index is 13.1. The van der Waals surface area contributed by atoms with Crippen LogP contribution in [0.1, 0.15) is 24.0 Å². The fourth-order valence-corrected chi connectivity index (χ4v) is 4.07. The Kier molecular flexibility index (Phi) is 5.85. The van der Waals surface area contributed by atoms with Gasteiger partial charge in [-0.2, -0.15) is 5.26 Å². The molecule has 1 fully saturated rings. The van der Waals surface area contributed by atoms with E-state index in [9.17, 15) is 10.1 Å². The number of hydrogen-bond acceptors (Lipinski definition) is 4. The van der Waals surface area contributed by atoms with Crippen LogP contribution < -0.4 is 4.74 Å². The third kappa shape index (κ3) is 4.08. The number of likely N-dealkylation sites (tertiary alicyclic amines) is 1. The van der Waals surface area contributed by atoms with Gasteiger partial charge < -0.3 is 14.6 Å². The summed E-state index contributed by atoms with van der Waals surface area (Å²) in [6.07, 6.45) is 5.45. The molecular formula is C25H24N4O2. The van der Waals surface area contributed by atoms with E-state index in [4.69, 9.17) is 4.74 Å². The minimum Gasteiger partial charge on any atom is -0.496 e. The standard InChI is InChI=1S/C25H24N4O2/c1-17(21-16-28-24-23(21)22(31-2)8-11-27-24)25(30)29-12-9-19(10-13-29)20(15-26)14-18-6-4-3-5-7-18/h3-8,11,16H,1,9-10,12-14H2,2H3,(H,27,28). The highest BCUT2D eigenvalue weighted by Gasteiger charge is 2.25. The molecule has 2 aromatic heterocycles. The topological polar surface area (TPSA) is 82.0 Å². The lowest BCUT2D eigenvalue weighted by Crippen LogP contribution is -2.37. The quantitative estimate of drug-likeness (QED) is 0.501. The molecule has 3 heterocycles. The van der Waals surface area contributed by atoms with Gasteiger partial charge in [0.1, 0.15) is 11.4 Å². The van der Waals surface area contributed by atoms with E-state index in [1.807, 2.05) is 35.2 Å². The summed E-state index contributed by atoms with van der Waals surface area (Å²) < 4.78 is 5.44. The van der Waals surface area contributed by atoms with E-state index >= 15 is 0 Å². The minimum atomic E-state index is -0.104.